The minimum Gasteiger partial charge on any atom is -0.385 e. The summed E-state index contributed by atoms with van der Waals surface area (Å²) < 4.78 is 61.3. The molecule has 0 spiro atoms. The summed E-state index contributed by atoms with van der Waals surface area (Å²) in [5.41, 5.74) is 9.24. The number of nitrogens with zero attached hydrogens (tertiary/aromatic N) is 6. The number of hydrogen-bond acceptors (Lipinski definition) is 18. The molecule has 4 aromatic heterocycles. The van der Waals surface area contributed by atoms with E-state index in [4.69, 9.17) is 39.5 Å². The monoisotopic (exact) mass is 690 g/mol. The van der Waals surface area contributed by atoms with E-state index in [0.717, 1.165) is 21.8 Å². The molecule has 10 atom stereocenters. The Kier molecular flexibility index (Phi) is 7.39. The predicted octanol–water partition coefficient (Wildman–Crippen LogP) is -3.05. The Morgan fingerprint density at radius 2 is 1.15 bits per heavy atom. The van der Waals surface area contributed by atoms with E-state index in [-0.39, 0.29) is 34.2 Å². The fourth-order valence-corrected chi connectivity index (χ4v) is 7.23. The van der Waals surface area contributed by atoms with Gasteiger partial charge in [0.05, 0.1) is 12.7 Å². The van der Waals surface area contributed by atoms with Crippen LogP contribution in [0.5, 0.6) is 0 Å². The van der Waals surface area contributed by atoms with Gasteiger partial charge in [-0.25, -0.2) is 9.97 Å². The van der Waals surface area contributed by atoms with Gasteiger partial charge in [-0.05, 0) is 0 Å². The third-order valence-corrected chi connectivity index (χ3v) is 9.26. The molecule has 26 heteroatoms. The number of hydrogen-bond donors (Lipinski definition) is 8. The molecule has 3 aliphatic rings. The third-order valence-electron chi connectivity index (χ3n) is 7.17. The van der Waals surface area contributed by atoms with Crippen LogP contribution in [0.4, 0.5) is 11.9 Å². The van der Waals surface area contributed by atoms with Crippen molar-refractivity contribution in [2.45, 2.75) is 49.5 Å². The van der Waals surface area contributed by atoms with Gasteiger partial charge in [0, 0.05) is 0 Å². The first-order chi connectivity index (χ1) is 21.7. The summed E-state index contributed by atoms with van der Waals surface area (Å²) in [4.78, 5) is 66.1. The average Bonchev–Trinajstić information content (AvgIpc) is 3.72. The van der Waals surface area contributed by atoms with Crippen molar-refractivity contribution in [3.8, 4) is 0 Å². The van der Waals surface area contributed by atoms with Crippen LogP contribution in [0.3, 0.4) is 0 Å². The van der Waals surface area contributed by atoms with Crippen LogP contribution in [-0.4, -0.2) is 109 Å². The number of imidazole rings is 2. The second-order valence-corrected chi connectivity index (χ2v) is 13.8. The van der Waals surface area contributed by atoms with E-state index in [1.807, 2.05) is 0 Å². The number of aromatic amines is 2. The lowest BCUT2D eigenvalue weighted by Crippen LogP contribution is -2.38. The molecule has 0 aromatic carbocycles. The molecule has 24 nitrogen and oxygen atoms in total. The van der Waals surface area contributed by atoms with Crippen molar-refractivity contribution in [2.24, 2.45) is 0 Å². The summed E-state index contributed by atoms with van der Waals surface area (Å²) in [5, 5.41) is 22.2. The van der Waals surface area contributed by atoms with Crippen molar-refractivity contribution in [3.05, 3.63) is 33.4 Å². The summed E-state index contributed by atoms with van der Waals surface area (Å²) in [7, 11) is -9.69. The lowest BCUT2D eigenvalue weighted by atomic mass is 10.2. The smallest absolute Gasteiger partial charge is 0.354 e. The maximum Gasteiger partial charge on any atom is 0.354 e. The molecule has 0 amide bonds. The zero-order valence-electron chi connectivity index (χ0n) is 22.8. The summed E-state index contributed by atoms with van der Waals surface area (Å²) in [5.74, 6) is -0.567. The molecule has 3 saturated heterocycles. The average molecular weight is 690 g/mol. The van der Waals surface area contributed by atoms with Crippen LogP contribution in [0.2, 0.25) is 0 Å². The molecule has 10 N–H and O–H groups in total. The van der Waals surface area contributed by atoms with Crippen LogP contribution in [0.25, 0.3) is 22.3 Å². The topological polar surface area (TPSA) is 350 Å². The second-order valence-electron chi connectivity index (χ2n) is 10.3. The van der Waals surface area contributed by atoms with Gasteiger partial charge >= 0.3 is 15.2 Å². The number of nitrogen functional groups attached to an aromatic ring is 2. The summed E-state index contributed by atoms with van der Waals surface area (Å²) in [6.07, 6.45) is -13.9. The Balaban J connectivity index is 1.18. The van der Waals surface area contributed by atoms with Gasteiger partial charge in [0.25, 0.3) is 11.1 Å². The van der Waals surface area contributed by atoms with E-state index in [1.54, 1.807) is 0 Å². The summed E-state index contributed by atoms with van der Waals surface area (Å²) in [6, 6.07) is 0. The molecule has 4 aromatic rings. The number of ether oxygens (including phenoxy) is 4. The van der Waals surface area contributed by atoms with Crippen LogP contribution in [0.1, 0.15) is 12.5 Å². The largest absolute Gasteiger partial charge is 0.385 e. The van der Waals surface area contributed by atoms with Crippen molar-refractivity contribution >= 4 is 49.4 Å². The van der Waals surface area contributed by atoms with E-state index in [1.165, 1.54) is 0 Å². The molecular weight excluding hydrogens is 666 g/mol. The standard InChI is InChI=1S/C20H24N10O14P2/c21-19-25-11-5(13(33)27-19)23-1-29(11)15-7(31)9-17(41-15)39-3-46(37,38)44-10-8(32)16(42-18(10)40-4-45(35,36)43-9)30-2-24-6-12(30)26-20(22)28-14(6)34/h1-2,7-10,15-18,31-32H,3-4H2,(H,35,36)(H,37,38)(H3,21,25,27,33)(H3,22,26,28,34)/t7?,8?,9?,10?,15-,16-,17+,18+/m1/s1. The molecule has 3 aliphatic heterocycles. The minimum absolute atomic E-state index is 0.129. The van der Waals surface area contributed by atoms with Crippen molar-refractivity contribution in [1.82, 2.24) is 39.0 Å². The third kappa shape index (κ3) is 5.33. The Morgan fingerprint density at radius 1 is 0.761 bits per heavy atom. The van der Waals surface area contributed by atoms with E-state index in [9.17, 15) is 38.7 Å². The molecule has 3 fully saturated rings. The highest BCUT2D eigenvalue weighted by Gasteiger charge is 2.54. The Bertz CT molecular complexity index is 1900. The van der Waals surface area contributed by atoms with Crippen LogP contribution in [0, 0.1) is 0 Å². The highest BCUT2D eigenvalue weighted by molar-refractivity contribution is 7.52. The van der Waals surface area contributed by atoms with Gasteiger partial charge in [-0.3, -0.25) is 46.9 Å². The summed E-state index contributed by atoms with van der Waals surface area (Å²) >= 11 is 0. The minimum atomic E-state index is -4.85. The van der Waals surface area contributed by atoms with E-state index in [0.29, 0.717) is 0 Å². The molecule has 248 valence electrons. The van der Waals surface area contributed by atoms with Crippen LogP contribution in [0.15, 0.2) is 22.2 Å². The highest BCUT2D eigenvalue weighted by atomic mass is 31.2. The quantitative estimate of drug-likeness (QED) is 0.0968. The molecule has 6 unspecified atom stereocenters. The maximum absolute atomic E-state index is 13.2. The number of aromatic nitrogens is 8. The molecule has 7 rings (SSSR count). The van der Waals surface area contributed by atoms with E-state index in [2.05, 4.69) is 29.9 Å². The normalized spacial score (nSPS) is 37.1. The molecule has 0 saturated carbocycles. The van der Waals surface area contributed by atoms with Crippen LogP contribution >= 0.6 is 15.2 Å². The number of nitrogens with two attached hydrogens (primary N) is 2. The molecule has 0 aliphatic carbocycles. The Morgan fingerprint density at radius 3 is 1.54 bits per heavy atom. The first-order valence-electron chi connectivity index (χ1n) is 13.1. The second kappa shape index (κ2) is 11.0. The SMILES string of the molecule is Nc1nc2c(ncn2[C@@H]2O[C@@H]3OCP(=O)(O)OC4C(O)[C@H](n5cnc6c(=O)[nH]c(N)nc65)O[C@@H]4OCP(=O)(O)OC3C2O)c(=O)[nH]1. The van der Waals surface area contributed by atoms with Gasteiger partial charge in [-0.2, -0.15) is 9.97 Å². The highest BCUT2D eigenvalue weighted by Crippen LogP contribution is 2.53. The first-order valence-corrected chi connectivity index (χ1v) is 16.6. The number of anilines is 2. The van der Waals surface area contributed by atoms with Gasteiger partial charge in [-0.15, -0.1) is 0 Å². The molecule has 7 heterocycles. The first kappa shape index (κ1) is 31.0. The zero-order valence-corrected chi connectivity index (χ0v) is 24.6. The lowest BCUT2D eigenvalue weighted by molar-refractivity contribution is -0.178. The molecule has 0 bridgehead atoms. The van der Waals surface area contributed by atoms with Gasteiger partial charge in [0.1, 0.15) is 24.4 Å². The maximum atomic E-state index is 13.2. The molecule has 0 radical (unpaired) electrons. The van der Waals surface area contributed by atoms with Crippen molar-refractivity contribution in [3.63, 3.8) is 0 Å². The van der Waals surface area contributed by atoms with E-state index < -0.39 is 88.5 Å². The number of aliphatic hydroxyl groups is 2. The zero-order chi connectivity index (χ0) is 32.7. The molecule has 46 heavy (non-hydrogen) atoms. The number of aliphatic hydroxyl groups excluding tert-OH is 2. The number of rotatable bonds is 2. The van der Waals surface area contributed by atoms with Gasteiger partial charge in [0.2, 0.25) is 11.9 Å². The predicted molar refractivity (Wildman–Crippen MR) is 146 cm³/mol. The van der Waals surface area contributed by atoms with Crippen molar-refractivity contribution < 1.29 is 57.1 Å². The molecular formula is C20H24N10O14P2. The Hall–Kier alpha value is -3.64. The van der Waals surface area contributed by atoms with Gasteiger partial charge in [-0.1, -0.05) is 0 Å². The number of H-pyrrole nitrogens is 2. The number of nitrogens with one attached hydrogen (secondary N) is 2. The van der Waals surface area contributed by atoms with Gasteiger partial charge < -0.3 is 50.4 Å². The van der Waals surface area contributed by atoms with Gasteiger partial charge in [0.15, 0.2) is 60.1 Å². The fraction of sp³-hybridized carbons (Fsp3) is 0.500. The van der Waals surface area contributed by atoms with Crippen molar-refractivity contribution in [2.75, 3.05) is 24.2 Å². The Labute approximate surface area is 252 Å². The van der Waals surface area contributed by atoms with Crippen LogP contribution in [-0.2, 0) is 37.1 Å². The summed E-state index contributed by atoms with van der Waals surface area (Å²) in [6.45, 7) is 0. The van der Waals surface area contributed by atoms with E-state index >= 15 is 0 Å². The van der Waals surface area contributed by atoms with Crippen molar-refractivity contribution in [1.29, 1.82) is 0 Å². The lowest BCUT2D eigenvalue weighted by Gasteiger charge is -2.28. The number of fused-ring (bicyclic) bond motifs is 4. The fourth-order valence-electron chi connectivity index (χ4n) is 5.22. The van der Waals surface area contributed by atoms with Crippen LogP contribution < -0.4 is 22.6 Å².